The van der Waals surface area contributed by atoms with E-state index in [0.29, 0.717) is 25.7 Å². The summed E-state index contributed by atoms with van der Waals surface area (Å²) in [4.78, 5) is 27.8. The molecule has 24 heavy (non-hydrogen) atoms. The third-order valence-electron chi connectivity index (χ3n) is 4.26. The maximum Gasteiger partial charge on any atom is 0.275 e. The molecule has 3 rings (SSSR count). The van der Waals surface area contributed by atoms with Crippen molar-refractivity contribution >= 4 is 22.7 Å². The average Bonchev–Trinajstić information content (AvgIpc) is 3.25. The Labute approximate surface area is 141 Å². The van der Waals surface area contributed by atoms with Gasteiger partial charge in [0.1, 0.15) is 0 Å². The maximum absolute atomic E-state index is 12.0. The van der Waals surface area contributed by atoms with Crippen LogP contribution < -0.4 is 15.5 Å². The van der Waals surface area contributed by atoms with Crippen LogP contribution in [-0.2, 0) is 16.0 Å². The van der Waals surface area contributed by atoms with Crippen LogP contribution in [0.15, 0.2) is 30.5 Å². The van der Waals surface area contributed by atoms with Gasteiger partial charge in [0, 0.05) is 29.7 Å². The zero-order chi connectivity index (χ0) is 16.9. The van der Waals surface area contributed by atoms with Gasteiger partial charge in [-0.15, -0.1) is 0 Å². The third-order valence-corrected chi connectivity index (χ3v) is 4.26. The van der Waals surface area contributed by atoms with Gasteiger partial charge in [-0.05, 0) is 30.9 Å². The molecule has 2 aromatic rings. The lowest BCUT2D eigenvalue weighted by Gasteiger charge is -2.13. The van der Waals surface area contributed by atoms with Crippen LogP contribution in [0.25, 0.3) is 10.9 Å². The Balaban J connectivity index is 1.38. The van der Waals surface area contributed by atoms with Crippen LogP contribution in [0, 0.1) is 0 Å². The highest BCUT2D eigenvalue weighted by Crippen LogP contribution is 2.18. The Morgan fingerprint density at radius 3 is 2.75 bits per heavy atom. The number of aromatic nitrogens is 1. The number of nitrogens with one attached hydrogen (secondary N) is 4. The number of para-hydroxylation sites is 1. The molecule has 1 aromatic heterocycles. The van der Waals surface area contributed by atoms with Crippen molar-refractivity contribution in [2.45, 2.75) is 25.3 Å². The summed E-state index contributed by atoms with van der Waals surface area (Å²) in [5.41, 5.74) is 2.32. The van der Waals surface area contributed by atoms with E-state index in [1.807, 2.05) is 31.4 Å². The van der Waals surface area contributed by atoms with Crippen molar-refractivity contribution in [1.29, 1.82) is 0 Å². The zero-order valence-corrected chi connectivity index (χ0v) is 14.0. The molecule has 0 aliphatic heterocycles. The number of rotatable bonds is 8. The zero-order valence-electron chi connectivity index (χ0n) is 14.0. The number of carbonyl (C=O) groups excluding carboxylic acids is 2. The molecule has 1 aromatic carbocycles. The van der Waals surface area contributed by atoms with Crippen LogP contribution >= 0.6 is 0 Å². The predicted molar refractivity (Wildman–Crippen MR) is 92.8 cm³/mol. The molecule has 4 N–H and O–H groups in total. The van der Waals surface area contributed by atoms with Crippen molar-refractivity contribution in [2.75, 3.05) is 26.7 Å². The first-order chi connectivity index (χ1) is 11.6. The molecule has 0 saturated heterocycles. The van der Waals surface area contributed by atoms with Gasteiger partial charge in [-0.3, -0.25) is 9.59 Å². The van der Waals surface area contributed by atoms with Crippen molar-refractivity contribution < 1.29 is 14.5 Å². The van der Waals surface area contributed by atoms with Crippen LogP contribution in [0.5, 0.6) is 0 Å². The van der Waals surface area contributed by atoms with E-state index in [1.165, 1.54) is 10.9 Å². The first-order valence-corrected chi connectivity index (χ1v) is 8.54. The Bertz CT molecular complexity index is 721. The van der Waals surface area contributed by atoms with E-state index in [-0.39, 0.29) is 11.8 Å². The molecule has 1 atom stereocenters. The van der Waals surface area contributed by atoms with Crippen molar-refractivity contribution in [3.05, 3.63) is 36.0 Å². The van der Waals surface area contributed by atoms with Crippen molar-refractivity contribution in [1.82, 2.24) is 15.6 Å². The van der Waals surface area contributed by atoms with Crippen molar-refractivity contribution in [2.24, 2.45) is 0 Å². The lowest BCUT2D eigenvalue weighted by molar-refractivity contribution is -0.862. The molecule has 0 spiro atoms. The van der Waals surface area contributed by atoms with Crippen LogP contribution in [-0.4, -0.2) is 49.5 Å². The van der Waals surface area contributed by atoms with Crippen molar-refractivity contribution in [3.8, 4) is 0 Å². The second kappa shape index (κ2) is 7.49. The molecular weight excluding hydrogens is 304 g/mol. The summed E-state index contributed by atoms with van der Waals surface area (Å²) in [6.07, 6.45) is 4.95. The SMILES string of the molecule is C[NH+](CC(=O)NCCc1c[nH]c2ccccc12)CC(=O)NC1CC1. The first-order valence-electron chi connectivity index (χ1n) is 8.54. The molecule has 0 radical (unpaired) electrons. The largest absolute Gasteiger partial charge is 0.361 e. The summed E-state index contributed by atoms with van der Waals surface area (Å²) in [6.45, 7) is 1.25. The van der Waals surface area contributed by atoms with Gasteiger partial charge >= 0.3 is 0 Å². The van der Waals surface area contributed by atoms with Gasteiger partial charge in [0.15, 0.2) is 13.1 Å². The fourth-order valence-electron chi connectivity index (χ4n) is 2.85. The van der Waals surface area contributed by atoms with E-state index in [4.69, 9.17) is 0 Å². The molecule has 128 valence electrons. The van der Waals surface area contributed by atoms with Gasteiger partial charge in [0.05, 0.1) is 7.05 Å². The lowest BCUT2D eigenvalue weighted by atomic mass is 10.1. The second-order valence-corrected chi connectivity index (χ2v) is 6.61. The second-order valence-electron chi connectivity index (χ2n) is 6.61. The van der Waals surface area contributed by atoms with Crippen molar-refractivity contribution in [3.63, 3.8) is 0 Å². The van der Waals surface area contributed by atoms with Gasteiger partial charge in [-0.25, -0.2) is 0 Å². The summed E-state index contributed by atoms with van der Waals surface area (Å²) in [5, 5.41) is 7.08. The van der Waals surface area contributed by atoms with E-state index < -0.39 is 0 Å². The molecular formula is C18H25N4O2+. The molecule has 1 unspecified atom stereocenters. The van der Waals surface area contributed by atoms with E-state index in [1.54, 1.807) is 0 Å². The summed E-state index contributed by atoms with van der Waals surface area (Å²) < 4.78 is 0. The smallest absolute Gasteiger partial charge is 0.275 e. The van der Waals surface area contributed by atoms with Gasteiger partial charge < -0.3 is 20.5 Å². The van der Waals surface area contributed by atoms with Crippen LogP contribution in [0.2, 0.25) is 0 Å². The number of aromatic amines is 1. The minimum absolute atomic E-state index is 0.0217. The first kappa shape index (κ1) is 16.5. The molecule has 1 heterocycles. The molecule has 0 bridgehead atoms. The number of fused-ring (bicyclic) bond motifs is 1. The fourth-order valence-corrected chi connectivity index (χ4v) is 2.85. The molecule has 6 nitrogen and oxygen atoms in total. The monoisotopic (exact) mass is 329 g/mol. The number of hydrogen-bond donors (Lipinski definition) is 4. The number of H-pyrrole nitrogens is 1. The topological polar surface area (TPSA) is 78.4 Å². The fraction of sp³-hybridized carbons (Fsp3) is 0.444. The van der Waals surface area contributed by atoms with Crippen LogP contribution in [0.3, 0.4) is 0 Å². The number of quaternary nitrogens is 1. The normalized spacial score (nSPS) is 15.2. The molecule has 2 amide bonds. The van der Waals surface area contributed by atoms with Gasteiger partial charge in [-0.1, -0.05) is 18.2 Å². The quantitative estimate of drug-likeness (QED) is 0.533. The minimum atomic E-state index is -0.0217. The molecule has 1 fully saturated rings. The van der Waals surface area contributed by atoms with Gasteiger partial charge in [-0.2, -0.15) is 0 Å². The highest BCUT2D eigenvalue weighted by Gasteiger charge is 2.24. The Kier molecular flexibility index (Phi) is 5.15. The molecule has 6 heteroatoms. The standard InChI is InChI=1S/C18H24N4O2/c1-22(12-18(24)21-14-6-7-14)11-17(23)19-9-8-13-10-20-16-5-3-2-4-15(13)16/h2-5,10,14,20H,6-9,11-12H2,1H3,(H,19,23)(H,21,24)/p+1. The number of carbonyl (C=O) groups is 2. The maximum atomic E-state index is 12.0. The summed E-state index contributed by atoms with van der Waals surface area (Å²) in [5.74, 6) is 0.00755. The molecule has 1 aliphatic carbocycles. The average molecular weight is 329 g/mol. The summed E-state index contributed by atoms with van der Waals surface area (Å²) >= 11 is 0. The van der Waals surface area contributed by atoms with Gasteiger partial charge in [0.2, 0.25) is 0 Å². The van der Waals surface area contributed by atoms with E-state index in [0.717, 1.165) is 29.7 Å². The lowest BCUT2D eigenvalue weighted by Crippen LogP contribution is -3.11. The minimum Gasteiger partial charge on any atom is -0.361 e. The van der Waals surface area contributed by atoms with E-state index in [2.05, 4.69) is 21.7 Å². The third kappa shape index (κ3) is 4.58. The Morgan fingerprint density at radius 1 is 1.21 bits per heavy atom. The summed E-state index contributed by atoms with van der Waals surface area (Å²) in [6, 6.07) is 8.52. The molecule has 1 saturated carbocycles. The molecule has 1 aliphatic rings. The van der Waals surface area contributed by atoms with Crippen LogP contribution in [0.1, 0.15) is 18.4 Å². The Morgan fingerprint density at radius 2 is 1.96 bits per heavy atom. The highest BCUT2D eigenvalue weighted by atomic mass is 16.2. The number of amides is 2. The van der Waals surface area contributed by atoms with Crippen LogP contribution in [0.4, 0.5) is 0 Å². The summed E-state index contributed by atoms with van der Waals surface area (Å²) in [7, 11) is 1.87. The number of benzene rings is 1. The van der Waals surface area contributed by atoms with E-state index >= 15 is 0 Å². The Hall–Kier alpha value is -2.34. The van der Waals surface area contributed by atoms with Gasteiger partial charge in [0.25, 0.3) is 11.8 Å². The number of hydrogen-bond acceptors (Lipinski definition) is 2. The predicted octanol–water partition coefficient (Wildman–Crippen LogP) is -0.380. The van der Waals surface area contributed by atoms with E-state index in [9.17, 15) is 9.59 Å². The number of likely N-dealkylation sites (N-methyl/N-ethyl adjacent to an activating group) is 1. The highest BCUT2D eigenvalue weighted by molar-refractivity contribution is 5.83.